The Morgan fingerprint density at radius 2 is 1.96 bits per heavy atom. The van der Waals surface area contributed by atoms with E-state index in [2.05, 4.69) is 34.3 Å². The van der Waals surface area contributed by atoms with Crippen LogP contribution < -0.4 is 10.2 Å². The van der Waals surface area contributed by atoms with E-state index in [1.165, 1.54) is 5.56 Å². The minimum absolute atomic E-state index is 0.0315. The first kappa shape index (κ1) is 17.7. The maximum Gasteiger partial charge on any atom is 0.152 e. The van der Waals surface area contributed by atoms with Gasteiger partial charge in [-0.25, -0.2) is 18.4 Å². The number of hydrogen-bond donors (Lipinski definition) is 1. The summed E-state index contributed by atoms with van der Waals surface area (Å²) in [5.74, 6) is 2.54. The number of sulfone groups is 1. The number of nitrogens with zero attached hydrogens (tertiary/aromatic N) is 3. The molecule has 0 bridgehead atoms. The number of aromatic nitrogens is 2. The highest BCUT2D eigenvalue weighted by atomic mass is 32.2. The molecule has 1 saturated heterocycles. The van der Waals surface area contributed by atoms with Crippen molar-refractivity contribution in [1.29, 1.82) is 0 Å². The van der Waals surface area contributed by atoms with Gasteiger partial charge >= 0.3 is 0 Å². The van der Waals surface area contributed by atoms with Crippen LogP contribution in [0.2, 0.25) is 0 Å². The van der Waals surface area contributed by atoms with Gasteiger partial charge in [0, 0.05) is 24.8 Å². The number of rotatable bonds is 5. The Morgan fingerprint density at radius 3 is 2.56 bits per heavy atom. The van der Waals surface area contributed by atoms with Gasteiger partial charge in [0.05, 0.1) is 11.5 Å². The molecule has 3 rings (SSSR count). The van der Waals surface area contributed by atoms with E-state index in [4.69, 9.17) is 0 Å². The van der Waals surface area contributed by atoms with Crippen molar-refractivity contribution in [3.05, 3.63) is 41.7 Å². The average Bonchev–Trinajstić information content (AvgIpc) is 2.94. The van der Waals surface area contributed by atoms with Crippen molar-refractivity contribution in [2.24, 2.45) is 0 Å². The first-order valence-corrected chi connectivity index (χ1v) is 10.3. The van der Waals surface area contributed by atoms with Crippen LogP contribution in [-0.2, 0) is 16.3 Å². The Hall–Kier alpha value is -2.15. The Balaban J connectivity index is 1.80. The Bertz CT molecular complexity index is 850. The standard InChI is InChI=1S/C18H24N4O2S/c1-4-14-5-7-15(8-6-14)21-17-11-18(20-13(2)19-17)22(3)16-9-10-25(23,24)12-16/h5-8,11,16H,4,9-10,12H2,1-3H3,(H,19,20,21). The fourth-order valence-corrected chi connectivity index (χ4v) is 4.81. The number of aryl methyl sites for hydroxylation is 2. The predicted molar refractivity (Wildman–Crippen MR) is 101 cm³/mol. The molecule has 1 aliphatic heterocycles. The lowest BCUT2D eigenvalue weighted by Gasteiger charge is -2.25. The van der Waals surface area contributed by atoms with Crippen LogP contribution in [0.1, 0.15) is 24.7 Å². The zero-order chi connectivity index (χ0) is 18.0. The van der Waals surface area contributed by atoms with Crippen LogP contribution in [0.3, 0.4) is 0 Å². The van der Waals surface area contributed by atoms with E-state index < -0.39 is 9.84 Å². The molecule has 134 valence electrons. The van der Waals surface area contributed by atoms with E-state index in [0.717, 1.165) is 17.9 Å². The summed E-state index contributed by atoms with van der Waals surface area (Å²) in [7, 11) is -1.03. The summed E-state index contributed by atoms with van der Waals surface area (Å²) in [6.07, 6.45) is 1.65. The van der Waals surface area contributed by atoms with Gasteiger partial charge in [-0.15, -0.1) is 0 Å². The summed E-state index contributed by atoms with van der Waals surface area (Å²) in [5.41, 5.74) is 2.25. The molecule has 0 saturated carbocycles. The van der Waals surface area contributed by atoms with Gasteiger partial charge in [0.25, 0.3) is 0 Å². The lowest BCUT2D eigenvalue weighted by Crippen LogP contribution is -2.33. The summed E-state index contributed by atoms with van der Waals surface area (Å²) >= 11 is 0. The van der Waals surface area contributed by atoms with Crippen LogP contribution in [0, 0.1) is 6.92 Å². The van der Waals surface area contributed by atoms with Crippen LogP contribution in [0.5, 0.6) is 0 Å². The third-order valence-electron chi connectivity index (χ3n) is 4.58. The maximum absolute atomic E-state index is 11.7. The molecule has 0 aliphatic carbocycles. The van der Waals surface area contributed by atoms with Crippen LogP contribution in [0.4, 0.5) is 17.3 Å². The summed E-state index contributed by atoms with van der Waals surface area (Å²) in [6.45, 7) is 3.97. The highest BCUT2D eigenvalue weighted by Crippen LogP contribution is 2.24. The molecule has 1 fully saturated rings. The molecular formula is C18H24N4O2S. The van der Waals surface area contributed by atoms with Crippen molar-refractivity contribution in [3.63, 3.8) is 0 Å². The first-order chi connectivity index (χ1) is 11.9. The topological polar surface area (TPSA) is 75.2 Å². The van der Waals surface area contributed by atoms with Crippen molar-refractivity contribution in [3.8, 4) is 0 Å². The summed E-state index contributed by atoms with van der Waals surface area (Å²) < 4.78 is 23.5. The highest BCUT2D eigenvalue weighted by Gasteiger charge is 2.31. The minimum atomic E-state index is -2.92. The average molecular weight is 360 g/mol. The quantitative estimate of drug-likeness (QED) is 0.884. The Morgan fingerprint density at radius 1 is 1.24 bits per heavy atom. The van der Waals surface area contributed by atoms with Gasteiger partial charge in [-0.1, -0.05) is 19.1 Å². The lowest BCUT2D eigenvalue weighted by molar-refractivity contribution is 0.600. The second-order valence-electron chi connectivity index (χ2n) is 6.50. The molecule has 0 amide bonds. The summed E-state index contributed by atoms with van der Waals surface area (Å²) in [4.78, 5) is 10.9. The van der Waals surface area contributed by atoms with Crippen LogP contribution in [-0.4, -0.2) is 43.0 Å². The van der Waals surface area contributed by atoms with E-state index in [0.29, 0.717) is 18.1 Å². The predicted octanol–water partition coefficient (Wildman–Crippen LogP) is 2.71. The van der Waals surface area contributed by atoms with E-state index >= 15 is 0 Å². The molecule has 1 aromatic heterocycles. The fourth-order valence-electron chi connectivity index (χ4n) is 3.04. The van der Waals surface area contributed by atoms with E-state index in [9.17, 15) is 8.42 Å². The van der Waals surface area contributed by atoms with Crippen molar-refractivity contribution in [2.45, 2.75) is 32.7 Å². The van der Waals surface area contributed by atoms with Gasteiger partial charge in [0.1, 0.15) is 17.5 Å². The van der Waals surface area contributed by atoms with Crippen molar-refractivity contribution < 1.29 is 8.42 Å². The maximum atomic E-state index is 11.7. The van der Waals surface area contributed by atoms with E-state index in [1.807, 2.05) is 37.1 Å². The number of benzene rings is 1. The van der Waals surface area contributed by atoms with Crippen LogP contribution in [0.25, 0.3) is 0 Å². The molecule has 1 atom stereocenters. The second kappa shape index (κ2) is 7.00. The van der Waals surface area contributed by atoms with Crippen LogP contribution in [0.15, 0.2) is 30.3 Å². The van der Waals surface area contributed by atoms with Gasteiger partial charge in [-0.3, -0.25) is 0 Å². The Labute approximate surface area is 149 Å². The molecule has 25 heavy (non-hydrogen) atoms. The van der Waals surface area contributed by atoms with Gasteiger partial charge < -0.3 is 10.2 Å². The summed E-state index contributed by atoms with van der Waals surface area (Å²) in [6, 6.07) is 10.1. The summed E-state index contributed by atoms with van der Waals surface area (Å²) in [5, 5.41) is 3.30. The van der Waals surface area contributed by atoms with Crippen molar-refractivity contribution >= 4 is 27.2 Å². The third-order valence-corrected chi connectivity index (χ3v) is 6.33. The third kappa shape index (κ3) is 4.28. The number of nitrogens with one attached hydrogen (secondary N) is 1. The normalized spacial score (nSPS) is 18.9. The molecule has 1 unspecified atom stereocenters. The van der Waals surface area contributed by atoms with Crippen LogP contribution >= 0.6 is 0 Å². The zero-order valence-corrected chi connectivity index (χ0v) is 15.7. The van der Waals surface area contributed by atoms with Crippen molar-refractivity contribution in [2.75, 3.05) is 28.8 Å². The molecule has 0 radical (unpaired) electrons. The van der Waals surface area contributed by atoms with Gasteiger partial charge in [-0.05, 0) is 37.5 Å². The van der Waals surface area contributed by atoms with Gasteiger partial charge in [0.2, 0.25) is 0 Å². The van der Waals surface area contributed by atoms with Gasteiger partial charge in [-0.2, -0.15) is 0 Å². The molecule has 1 N–H and O–H groups in total. The van der Waals surface area contributed by atoms with Gasteiger partial charge in [0.15, 0.2) is 9.84 Å². The number of hydrogen-bond acceptors (Lipinski definition) is 6. The minimum Gasteiger partial charge on any atom is -0.355 e. The Kier molecular flexibility index (Phi) is 4.94. The first-order valence-electron chi connectivity index (χ1n) is 8.51. The molecule has 7 heteroatoms. The molecular weight excluding hydrogens is 336 g/mol. The van der Waals surface area contributed by atoms with E-state index in [1.54, 1.807) is 0 Å². The monoisotopic (exact) mass is 360 g/mol. The zero-order valence-electron chi connectivity index (χ0n) is 14.9. The molecule has 2 heterocycles. The molecule has 1 aliphatic rings. The highest BCUT2D eigenvalue weighted by molar-refractivity contribution is 7.91. The molecule has 6 nitrogen and oxygen atoms in total. The largest absolute Gasteiger partial charge is 0.355 e. The van der Waals surface area contributed by atoms with E-state index in [-0.39, 0.29) is 17.5 Å². The second-order valence-corrected chi connectivity index (χ2v) is 8.73. The lowest BCUT2D eigenvalue weighted by atomic mass is 10.1. The smallest absolute Gasteiger partial charge is 0.152 e. The number of anilines is 3. The molecule has 1 aromatic carbocycles. The SMILES string of the molecule is CCc1ccc(Nc2cc(N(C)C3CCS(=O)(=O)C3)nc(C)n2)cc1. The fraction of sp³-hybridized carbons (Fsp3) is 0.444. The molecule has 0 spiro atoms. The molecule has 2 aromatic rings. The van der Waals surface area contributed by atoms with Crippen molar-refractivity contribution in [1.82, 2.24) is 9.97 Å².